The van der Waals surface area contributed by atoms with Crippen molar-refractivity contribution in [3.8, 4) is 11.5 Å². The third-order valence-corrected chi connectivity index (χ3v) is 4.96. The molecule has 2 aromatic rings. The maximum Gasteiger partial charge on any atom is 0.273 e. The van der Waals surface area contributed by atoms with E-state index in [1.807, 2.05) is 12.1 Å². The lowest BCUT2D eigenvalue weighted by molar-refractivity contribution is -0.120. The number of nitrogens with zero attached hydrogens (tertiary/aromatic N) is 2. The molecule has 2 aliphatic rings. The first-order chi connectivity index (χ1) is 13.9. The fourth-order valence-electron chi connectivity index (χ4n) is 3.27. The van der Waals surface area contributed by atoms with Gasteiger partial charge in [-0.15, -0.1) is 0 Å². The molecule has 0 bridgehead atoms. The van der Waals surface area contributed by atoms with E-state index in [9.17, 15) is 9.59 Å². The molecule has 3 heterocycles. The van der Waals surface area contributed by atoms with Gasteiger partial charge in [0.15, 0.2) is 11.5 Å². The Morgan fingerprint density at radius 1 is 1.17 bits per heavy atom. The van der Waals surface area contributed by atoms with Crippen molar-refractivity contribution in [3.05, 3.63) is 41.6 Å². The van der Waals surface area contributed by atoms with Crippen LogP contribution in [0.4, 0.5) is 11.5 Å². The molecule has 0 unspecified atom stereocenters. The van der Waals surface area contributed by atoms with E-state index in [2.05, 4.69) is 29.5 Å². The highest BCUT2D eigenvalue weighted by Crippen LogP contribution is 2.34. The SMILES string of the molecule is CC(C)CNc1ccc2c(n1)C(=O)N([C@H](C)C(=O)Nc1ccc3c(c1)OCO3)C2. The van der Waals surface area contributed by atoms with Crippen LogP contribution in [0.2, 0.25) is 0 Å². The van der Waals surface area contributed by atoms with Gasteiger partial charge in [0.1, 0.15) is 17.6 Å². The molecule has 2 aliphatic heterocycles. The van der Waals surface area contributed by atoms with Crippen LogP contribution in [0.15, 0.2) is 30.3 Å². The predicted octanol–water partition coefficient (Wildman–Crippen LogP) is 2.86. The Balaban J connectivity index is 1.43. The lowest BCUT2D eigenvalue weighted by Gasteiger charge is -2.23. The molecule has 8 nitrogen and oxygen atoms in total. The summed E-state index contributed by atoms with van der Waals surface area (Å²) in [5, 5.41) is 6.07. The first kappa shape index (κ1) is 19.0. The summed E-state index contributed by atoms with van der Waals surface area (Å²) in [6.07, 6.45) is 0. The van der Waals surface area contributed by atoms with E-state index in [0.29, 0.717) is 41.2 Å². The Morgan fingerprint density at radius 2 is 1.97 bits per heavy atom. The molecule has 4 rings (SSSR count). The Kier molecular flexibility index (Phi) is 5.00. The molecular formula is C21H24N4O4. The quantitative estimate of drug-likeness (QED) is 0.780. The summed E-state index contributed by atoms with van der Waals surface area (Å²) in [4.78, 5) is 31.6. The average molecular weight is 396 g/mol. The number of rotatable bonds is 6. The first-order valence-electron chi connectivity index (χ1n) is 9.67. The lowest BCUT2D eigenvalue weighted by atomic mass is 10.2. The minimum Gasteiger partial charge on any atom is -0.454 e. The number of hydrogen-bond acceptors (Lipinski definition) is 6. The standard InChI is InChI=1S/C21H24N4O4/c1-12(2)9-22-18-7-4-14-10-25(21(27)19(14)24-18)13(3)20(26)23-15-5-6-16-17(8-15)29-11-28-16/h4-8,12-13H,9-11H2,1-3H3,(H,22,24)(H,23,26)/t13-/m1/s1. The van der Waals surface area contributed by atoms with Crippen molar-refractivity contribution >= 4 is 23.3 Å². The van der Waals surface area contributed by atoms with Crippen LogP contribution in [0.1, 0.15) is 36.8 Å². The summed E-state index contributed by atoms with van der Waals surface area (Å²) in [5.41, 5.74) is 1.82. The van der Waals surface area contributed by atoms with E-state index in [1.165, 1.54) is 4.90 Å². The van der Waals surface area contributed by atoms with Crippen LogP contribution in [0.3, 0.4) is 0 Å². The highest BCUT2D eigenvalue weighted by atomic mass is 16.7. The number of fused-ring (bicyclic) bond motifs is 2. The van der Waals surface area contributed by atoms with E-state index in [0.717, 1.165) is 12.1 Å². The summed E-state index contributed by atoms with van der Waals surface area (Å²) in [7, 11) is 0. The van der Waals surface area contributed by atoms with Gasteiger partial charge in [-0.25, -0.2) is 4.98 Å². The van der Waals surface area contributed by atoms with Gasteiger partial charge in [0.25, 0.3) is 5.91 Å². The van der Waals surface area contributed by atoms with Crippen LogP contribution < -0.4 is 20.1 Å². The number of aromatic nitrogens is 1. The maximum atomic E-state index is 12.9. The van der Waals surface area contributed by atoms with Gasteiger partial charge in [-0.05, 0) is 31.0 Å². The van der Waals surface area contributed by atoms with Gasteiger partial charge in [-0.2, -0.15) is 0 Å². The number of ether oxygens (including phenoxy) is 2. The van der Waals surface area contributed by atoms with Crippen molar-refractivity contribution in [1.82, 2.24) is 9.88 Å². The summed E-state index contributed by atoms with van der Waals surface area (Å²) >= 11 is 0. The van der Waals surface area contributed by atoms with Gasteiger partial charge in [0, 0.05) is 30.4 Å². The van der Waals surface area contributed by atoms with Crippen LogP contribution in [-0.4, -0.2) is 41.1 Å². The molecule has 0 aliphatic carbocycles. The average Bonchev–Trinajstić information content (AvgIpc) is 3.29. The molecular weight excluding hydrogens is 372 g/mol. The fourth-order valence-corrected chi connectivity index (χ4v) is 3.27. The van der Waals surface area contributed by atoms with Crippen LogP contribution >= 0.6 is 0 Å². The van der Waals surface area contributed by atoms with Crippen LogP contribution in [-0.2, 0) is 11.3 Å². The van der Waals surface area contributed by atoms with Crippen LogP contribution in [0, 0.1) is 5.92 Å². The van der Waals surface area contributed by atoms with Crippen molar-refractivity contribution in [2.45, 2.75) is 33.4 Å². The van der Waals surface area contributed by atoms with E-state index in [1.54, 1.807) is 25.1 Å². The number of pyridine rings is 1. The molecule has 0 radical (unpaired) electrons. The van der Waals surface area contributed by atoms with Crippen molar-refractivity contribution in [1.29, 1.82) is 0 Å². The number of benzene rings is 1. The van der Waals surface area contributed by atoms with Crippen molar-refractivity contribution < 1.29 is 19.1 Å². The summed E-state index contributed by atoms with van der Waals surface area (Å²) in [6.45, 7) is 7.23. The molecule has 0 saturated carbocycles. The Hall–Kier alpha value is -3.29. The van der Waals surface area contributed by atoms with Gasteiger partial charge in [-0.3, -0.25) is 9.59 Å². The first-order valence-corrected chi connectivity index (χ1v) is 9.67. The van der Waals surface area contributed by atoms with Crippen molar-refractivity contribution in [2.24, 2.45) is 5.92 Å². The minimum absolute atomic E-state index is 0.171. The molecule has 0 spiro atoms. The molecule has 29 heavy (non-hydrogen) atoms. The van der Waals surface area contributed by atoms with Gasteiger partial charge < -0.3 is 25.0 Å². The number of hydrogen-bond donors (Lipinski definition) is 2. The van der Waals surface area contributed by atoms with Gasteiger partial charge >= 0.3 is 0 Å². The molecule has 0 fully saturated rings. The molecule has 152 valence electrons. The predicted molar refractivity (Wildman–Crippen MR) is 108 cm³/mol. The van der Waals surface area contributed by atoms with Crippen molar-refractivity contribution in [2.75, 3.05) is 24.0 Å². The largest absolute Gasteiger partial charge is 0.454 e. The number of nitrogens with one attached hydrogen (secondary N) is 2. The maximum absolute atomic E-state index is 12.9. The zero-order valence-electron chi connectivity index (χ0n) is 16.7. The summed E-state index contributed by atoms with van der Waals surface area (Å²) in [5.74, 6) is 1.87. The Labute approximate surface area is 169 Å². The number of carbonyl (C=O) groups excluding carboxylic acids is 2. The third kappa shape index (κ3) is 3.83. The molecule has 2 amide bonds. The van der Waals surface area contributed by atoms with Crippen LogP contribution in [0.25, 0.3) is 0 Å². The van der Waals surface area contributed by atoms with E-state index in [-0.39, 0.29) is 18.6 Å². The molecule has 0 saturated heterocycles. The summed E-state index contributed by atoms with van der Waals surface area (Å²) < 4.78 is 10.6. The molecule has 2 N–H and O–H groups in total. The summed E-state index contributed by atoms with van der Waals surface area (Å²) in [6, 6.07) is 8.32. The second kappa shape index (κ2) is 7.62. The van der Waals surface area contributed by atoms with E-state index >= 15 is 0 Å². The number of anilines is 2. The smallest absolute Gasteiger partial charge is 0.273 e. The highest BCUT2D eigenvalue weighted by molar-refractivity contribution is 6.02. The highest BCUT2D eigenvalue weighted by Gasteiger charge is 2.35. The minimum atomic E-state index is -0.644. The van der Waals surface area contributed by atoms with E-state index in [4.69, 9.17) is 9.47 Å². The third-order valence-electron chi connectivity index (χ3n) is 4.96. The zero-order valence-corrected chi connectivity index (χ0v) is 16.7. The molecule has 8 heteroatoms. The van der Waals surface area contributed by atoms with E-state index < -0.39 is 6.04 Å². The normalized spacial score (nSPS) is 15.4. The lowest BCUT2D eigenvalue weighted by Crippen LogP contribution is -2.42. The zero-order chi connectivity index (χ0) is 20.5. The Bertz CT molecular complexity index is 960. The Morgan fingerprint density at radius 3 is 2.76 bits per heavy atom. The fraction of sp³-hybridized carbons (Fsp3) is 0.381. The second-order valence-electron chi connectivity index (χ2n) is 7.65. The second-order valence-corrected chi connectivity index (χ2v) is 7.65. The molecule has 1 atom stereocenters. The number of carbonyl (C=O) groups is 2. The van der Waals surface area contributed by atoms with Gasteiger partial charge in [0.2, 0.25) is 12.7 Å². The topological polar surface area (TPSA) is 92.8 Å². The molecule has 1 aromatic carbocycles. The molecule has 1 aromatic heterocycles. The van der Waals surface area contributed by atoms with Crippen molar-refractivity contribution in [3.63, 3.8) is 0 Å². The number of amides is 2. The van der Waals surface area contributed by atoms with Crippen LogP contribution in [0.5, 0.6) is 11.5 Å². The van der Waals surface area contributed by atoms with Gasteiger partial charge in [-0.1, -0.05) is 19.9 Å². The monoisotopic (exact) mass is 396 g/mol. The van der Waals surface area contributed by atoms with Gasteiger partial charge in [0.05, 0.1) is 0 Å².